The number of hydrazone groups is 1. The van der Waals surface area contributed by atoms with Crippen molar-refractivity contribution in [1.82, 2.24) is 5.43 Å². The zero-order valence-corrected chi connectivity index (χ0v) is 10.2. The zero-order chi connectivity index (χ0) is 12.8. The minimum Gasteiger partial charge on any atom is -0.273 e. The fourth-order valence-electron chi connectivity index (χ4n) is 2.21. The van der Waals surface area contributed by atoms with Crippen molar-refractivity contribution < 1.29 is 9.18 Å². The Hall–Kier alpha value is -1.71. The molecule has 0 aliphatic heterocycles. The standard InChI is InChI=1S/C14H17FN2O/c15-13-8-4-5-11(9-13)10-16-17-14(18)12-6-2-1-3-7-12/h4-5,8-10,12H,1-3,6-7H2,(H,17,18)/b16-10-. The van der Waals surface area contributed by atoms with Gasteiger partial charge >= 0.3 is 0 Å². The molecule has 1 N–H and O–H groups in total. The SMILES string of the molecule is O=C(N/N=C\c1cccc(F)c1)C1CCCCC1. The monoisotopic (exact) mass is 248 g/mol. The van der Waals surface area contributed by atoms with Crippen molar-refractivity contribution in [3.8, 4) is 0 Å². The van der Waals surface area contributed by atoms with Crippen molar-refractivity contribution in [2.75, 3.05) is 0 Å². The van der Waals surface area contributed by atoms with Crippen LogP contribution in [0.2, 0.25) is 0 Å². The lowest BCUT2D eigenvalue weighted by Crippen LogP contribution is -2.28. The maximum atomic E-state index is 12.9. The topological polar surface area (TPSA) is 41.5 Å². The number of nitrogens with zero attached hydrogens (tertiary/aromatic N) is 1. The summed E-state index contributed by atoms with van der Waals surface area (Å²) in [7, 11) is 0. The molecule has 0 radical (unpaired) electrons. The number of carbonyl (C=O) groups excluding carboxylic acids is 1. The van der Waals surface area contributed by atoms with Crippen LogP contribution in [-0.2, 0) is 4.79 Å². The molecule has 0 spiro atoms. The fraction of sp³-hybridized carbons (Fsp3) is 0.429. The molecule has 0 heterocycles. The second kappa shape index (κ2) is 6.28. The second-order valence-electron chi connectivity index (χ2n) is 4.62. The van der Waals surface area contributed by atoms with Crippen molar-refractivity contribution in [3.63, 3.8) is 0 Å². The molecule has 0 saturated heterocycles. The third kappa shape index (κ3) is 3.65. The number of hydrogen-bond donors (Lipinski definition) is 1. The third-order valence-corrected chi connectivity index (χ3v) is 3.21. The Morgan fingerprint density at radius 1 is 1.33 bits per heavy atom. The van der Waals surface area contributed by atoms with Crippen molar-refractivity contribution in [2.24, 2.45) is 11.0 Å². The molecule has 4 heteroatoms. The lowest BCUT2D eigenvalue weighted by Gasteiger charge is -2.19. The Kier molecular flexibility index (Phi) is 4.45. The van der Waals surface area contributed by atoms with Gasteiger partial charge in [-0.3, -0.25) is 4.79 Å². The number of halogens is 1. The molecular weight excluding hydrogens is 231 g/mol. The lowest BCUT2D eigenvalue weighted by molar-refractivity contribution is -0.125. The van der Waals surface area contributed by atoms with Crippen molar-refractivity contribution in [3.05, 3.63) is 35.6 Å². The molecule has 0 atom stereocenters. The van der Waals surface area contributed by atoms with E-state index in [9.17, 15) is 9.18 Å². The van der Waals surface area contributed by atoms with E-state index in [0.29, 0.717) is 5.56 Å². The number of nitrogens with one attached hydrogen (secondary N) is 1. The maximum Gasteiger partial charge on any atom is 0.243 e. The quantitative estimate of drug-likeness (QED) is 0.648. The Bertz CT molecular complexity index is 439. The number of rotatable bonds is 3. The second-order valence-corrected chi connectivity index (χ2v) is 4.62. The van der Waals surface area contributed by atoms with Crippen LogP contribution in [0.25, 0.3) is 0 Å². The molecule has 1 aromatic rings. The van der Waals surface area contributed by atoms with Gasteiger partial charge in [-0.25, -0.2) is 9.82 Å². The van der Waals surface area contributed by atoms with E-state index in [1.165, 1.54) is 24.8 Å². The summed E-state index contributed by atoms with van der Waals surface area (Å²) in [4.78, 5) is 11.8. The molecule has 1 saturated carbocycles. The molecule has 0 unspecified atom stereocenters. The Morgan fingerprint density at radius 3 is 2.83 bits per heavy atom. The van der Waals surface area contributed by atoms with Gasteiger partial charge in [0.25, 0.3) is 0 Å². The lowest BCUT2D eigenvalue weighted by atomic mass is 9.89. The molecule has 0 bridgehead atoms. The normalized spacial score (nSPS) is 16.9. The predicted octanol–water partition coefficient (Wildman–Crippen LogP) is 2.86. The summed E-state index contributed by atoms with van der Waals surface area (Å²) in [5, 5.41) is 3.87. The van der Waals surface area contributed by atoms with Crippen LogP contribution in [0.3, 0.4) is 0 Å². The van der Waals surface area contributed by atoms with Gasteiger partial charge in [0.2, 0.25) is 5.91 Å². The van der Waals surface area contributed by atoms with Gasteiger partial charge in [-0.05, 0) is 30.5 Å². The van der Waals surface area contributed by atoms with E-state index in [-0.39, 0.29) is 17.6 Å². The van der Waals surface area contributed by atoms with Gasteiger partial charge in [-0.1, -0.05) is 31.4 Å². The highest BCUT2D eigenvalue weighted by Crippen LogP contribution is 2.23. The predicted molar refractivity (Wildman–Crippen MR) is 68.7 cm³/mol. The minimum atomic E-state index is -0.308. The van der Waals surface area contributed by atoms with E-state index in [0.717, 1.165) is 25.7 Å². The smallest absolute Gasteiger partial charge is 0.243 e. The van der Waals surface area contributed by atoms with Crippen molar-refractivity contribution in [1.29, 1.82) is 0 Å². The van der Waals surface area contributed by atoms with Gasteiger partial charge < -0.3 is 0 Å². The molecule has 2 rings (SSSR count). The van der Waals surface area contributed by atoms with Gasteiger partial charge in [0.15, 0.2) is 0 Å². The number of carbonyl (C=O) groups is 1. The van der Waals surface area contributed by atoms with Crippen LogP contribution in [0, 0.1) is 11.7 Å². The summed E-state index contributed by atoms with van der Waals surface area (Å²) in [5.74, 6) is -0.247. The van der Waals surface area contributed by atoms with E-state index in [1.54, 1.807) is 12.1 Å². The number of benzene rings is 1. The largest absolute Gasteiger partial charge is 0.273 e. The van der Waals surface area contributed by atoms with Gasteiger partial charge in [-0.15, -0.1) is 0 Å². The van der Waals surface area contributed by atoms with Crippen molar-refractivity contribution in [2.45, 2.75) is 32.1 Å². The Balaban J connectivity index is 1.85. The highest BCUT2D eigenvalue weighted by atomic mass is 19.1. The summed E-state index contributed by atoms with van der Waals surface area (Å²) >= 11 is 0. The highest BCUT2D eigenvalue weighted by molar-refractivity contribution is 5.83. The summed E-state index contributed by atoms with van der Waals surface area (Å²) in [6.45, 7) is 0. The molecule has 1 amide bonds. The minimum absolute atomic E-state index is 0.0256. The van der Waals surface area contributed by atoms with E-state index >= 15 is 0 Å². The first-order valence-electron chi connectivity index (χ1n) is 6.34. The number of hydrogen-bond acceptors (Lipinski definition) is 2. The van der Waals surface area contributed by atoms with Crippen LogP contribution >= 0.6 is 0 Å². The van der Waals surface area contributed by atoms with Crippen LogP contribution in [0.15, 0.2) is 29.4 Å². The summed E-state index contributed by atoms with van der Waals surface area (Å²) in [6, 6.07) is 6.09. The van der Waals surface area contributed by atoms with Crippen LogP contribution in [0.4, 0.5) is 4.39 Å². The Labute approximate surface area is 106 Å². The molecule has 18 heavy (non-hydrogen) atoms. The summed E-state index contributed by atoms with van der Waals surface area (Å²) < 4.78 is 12.9. The maximum absolute atomic E-state index is 12.9. The molecule has 1 aliphatic rings. The zero-order valence-electron chi connectivity index (χ0n) is 10.2. The van der Waals surface area contributed by atoms with Crippen molar-refractivity contribution >= 4 is 12.1 Å². The van der Waals surface area contributed by atoms with E-state index in [4.69, 9.17) is 0 Å². The third-order valence-electron chi connectivity index (χ3n) is 3.21. The summed E-state index contributed by atoms with van der Waals surface area (Å²) in [6.07, 6.45) is 6.81. The molecule has 0 aromatic heterocycles. The van der Waals surface area contributed by atoms with Gasteiger partial charge in [-0.2, -0.15) is 5.10 Å². The molecule has 1 aliphatic carbocycles. The van der Waals surface area contributed by atoms with Crippen LogP contribution in [0.1, 0.15) is 37.7 Å². The highest BCUT2D eigenvalue weighted by Gasteiger charge is 2.20. The summed E-state index contributed by atoms with van der Waals surface area (Å²) in [5.41, 5.74) is 3.17. The molecule has 96 valence electrons. The van der Waals surface area contributed by atoms with E-state index in [1.807, 2.05) is 0 Å². The van der Waals surface area contributed by atoms with E-state index in [2.05, 4.69) is 10.5 Å². The van der Waals surface area contributed by atoms with Gasteiger partial charge in [0.05, 0.1) is 6.21 Å². The van der Waals surface area contributed by atoms with Crippen LogP contribution < -0.4 is 5.43 Å². The van der Waals surface area contributed by atoms with Gasteiger partial charge in [0, 0.05) is 5.92 Å². The van der Waals surface area contributed by atoms with E-state index < -0.39 is 0 Å². The first-order chi connectivity index (χ1) is 8.75. The molecular formula is C14H17FN2O. The average molecular weight is 248 g/mol. The fourth-order valence-corrected chi connectivity index (χ4v) is 2.21. The molecule has 1 aromatic carbocycles. The van der Waals surface area contributed by atoms with Gasteiger partial charge in [0.1, 0.15) is 5.82 Å². The number of amides is 1. The Morgan fingerprint density at radius 2 is 2.11 bits per heavy atom. The van der Waals surface area contributed by atoms with Crippen LogP contribution in [0.5, 0.6) is 0 Å². The molecule has 3 nitrogen and oxygen atoms in total. The first kappa shape index (κ1) is 12.7. The average Bonchev–Trinajstić information content (AvgIpc) is 2.40. The first-order valence-corrected chi connectivity index (χ1v) is 6.34. The molecule has 1 fully saturated rings. The van der Waals surface area contributed by atoms with Crippen LogP contribution in [-0.4, -0.2) is 12.1 Å².